The molecule has 3 aromatic carbocycles. The summed E-state index contributed by atoms with van der Waals surface area (Å²) in [4.78, 5) is 1.94. The van der Waals surface area contributed by atoms with Crippen LogP contribution in [0.1, 0.15) is 69.4 Å². The van der Waals surface area contributed by atoms with Gasteiger partial charge in [-0.1, -0.05) is 74.5 Å². The minimum Gasteiger partial charge on any atom is -0.491 e. The van der Waals surface area contributed by atoms with Crippen molar-refractivity contribution in [3.05, 3.63) is 95.6 Å². The van der Waals surface area contributed by atoms with E-state index in [-0.39, 0.29) is 29.3 Å². The lowest BCUT2D eigenvalue weighted by molar-refractivity contribution is 0.171. The summed E-state index contributed by atoms with van der Waals surface area (Å²) in [6.07, 6.45) is 5.10. The predicted molar refractivity (Wildman–Crippen MR) is 183 cm³/mol. The fraction of sp³-hybridized carbons (Fsp3) is 0.406. The molecule has 0 spiro atoms. The zero-order valence-electron chi connectivity index (χ0n) is 25.6. The maximum atomic E-state index is 12.3. The molecule has 0 aliphatic heterocycles. The van der Waals surface area contributed by atoms with Gasteiger partial charge < -0.3 is 9.47 Å². The van der Waals surface area contributed by atoms with Crippen molar-refractivity contribution in [3.63, 3.8) is 0 Å². The molecule has 4 unspecified atom stereocenters. The van der Waals surface area contributed by atoms with Crippen LogP contribution in [0.3, 0.4) is 0 Å². The summed E-state index contributed by atoms with van der Waals surface area (Å²) in [6, 6.07) is 25.4. The number of hydrazone groups is 1. The molecule has 7 nitrogen and oxygen atoms in total. The first kappa shape index (κ1) is 35.0. The lowest BCUT2D eigenvalue weighted by atomic mass is 10.1. The molecule has 0 amide bonds. The molecule has 4 atom stereocenters. The highest BCUT2D eigenvalue weighted by atomic mass is 32.4. The Hall–Kier alpha value is -2.46. The second-order valence-electron chi connectivity index (χ2n) is 10.6. The highest BCUT2D eigenvalue weighted by molar-refractivity contribution is 8.04. The Kier molecular flexibility index (Phi) is 14.4. The van der Waals surface area contributed by atoms with E-state index in [9.17, 15) is 9.13 Å². The molecule has 3 aromatic rings. The van der Waals surface area contributed by atoms with Crippen molar-refractivity contribution in [2.24, 2.45) is 5.10 Å². The molecule has 3 rings (SSSR count). The predicted octanol–water partition coefficient (Wildman–Crippen LogP) is 9.36. The summed E-state index contributed by atoms with van der Waals surface area (Å²) in [5, 5.41) is 4.05. The van der Waals surface area contributed by atoms with Crippen LogP contribution >= 0.6 is 23.8 Å². The molecular formula is C32H42N3O4P3S. The van der Waals surface area contributed by atoms with Crippen molar-refractivity contribution in [1.82, 2.24) is 9.68 Å². The summed E-state index contributed by atoms with van der Waals surface area (Å²) in [7, 11) is 1.81. The number of benzene rings is 3. The van der Waals surface area contributed by atoms with Crippen LogP contribution in [0.5, 0.6) is 11.5 Å². The monoisotopic (exact) mass is 657 g/mol. The molecule has 0 aliphatic carbocycles. The van der Waals surface area contributed by atoms with Gasteiger partial charge in [0.1, 0.15) is 22.6 Å². The minimum absolute atomic E-state index is 0.0236. The Morgan fingerprint density at radius 1 is 1.00 bits per heavy atom. The fourth-order valence-corrected chi connectivity index (χ4v) is 7.74. The summed E-state index contributed by atoms with van der Waals surface area (Å²) in [5.74, 6) is 1.10. The molecule has 43 heavy (non-hydrogen) atoms. The van der Waals surface area contributed by atoms with Crippen LogP contribution in [0, 0.1) is 0 Å². The van der Waals surface area contributed by atoms with E-state index < -0.39 is 18.0 Å². The van der Waals surface area contributed by atoms with E-state index in [2.05, 4.69) is 25.9 Å². The van der Waals surface area contributed by atoms with Gasteiger partial charge in [0, 0.05) is 13.6 Å². The number of hydrogen-bond donors (Lipinski definition) is 0. The lowest BCUT2D eigenvalue weighted by Gasteiger charge is -2.34. The van der Waals surface area contributed by atoms with E-state index in [1.165, 1.54) is 0 Å². The standard InChI is InChI=1S/C32H42N3O4P3S/c1-6-11-25(3)38-29-18-14-26(15-19-29)22-33-34(5)42(43)32(4,7-2)39-30-20-16-28(17-21-30)31(41-37)35(24-40-36)23-27-12-9-8-10-13-27/h8-10,12-22,25,31,42H,6-7,11,23-24H2,1-5H3/b33-22+. The van der Waals surface area contributed by atoms with Crippen LogP contribution < -0.4 is 9.47 Å². The van der Waals surface area contributed by atoms with Crippen molar-refractivity contribution in [1.29, 1.82) is 0 Å². The smallest absolute Gasteiger partial charge is 0.179 e. The fourth-order valence-electron chi connectivity index (χ4n) is 4.56. The quantitative estimate of drug-likeness (QED) is 0.0767. The van der Waals surface area contributed by atoms with Gasteiger partial charge in [-0.15, -0.1) is 0 Å². The zero-order chi connectivity index (χ0) is 31.2. The van der Waals surface area contributed by atoms with Gasteiger partial charge in [-0.3, -0.25) is 18.8 Å². The van der Waals surface area contributed by atoms with Crippen molar-refractivity contribution in [2.45, 2.75) is 70.7 Å². The van der Waals surface area contributed by atoms with Gasteiger partial charge in [0.05, 0.1) is 25.5 Å². The average Bonchev–Trinajstić information content (AvgIpc) is 3.02. The number of hydrogen-bond acceptors (Lipinski definition) is 7. The van der Waals surface area contributed by atoms with Gasteiger partial charge in [-0.2, -0.15) is 5.10 Å². The highest BCUT2D eigenvalue weighted by Gasteiger charge is 2.31. The zero-order valence-corrected chi connectivity index (χ0v) is 29.2. The molecule has 0 fully saturated rings. The largest absolute Gasteiger partial charge is 0.491 e. The molecule has 0 radical (unpaired) electrons. The first-order valence-corrected chi connectivity index (χ1v) is 19.0. The minimum atomic E-state index is -1.66. The third kappa shape index (κ3) is 10.6. The maximum Gasteiger partial charge on any atom is 0.179 e. The number of rotatable bonds is 18. The van der Waals surface area contributed by atoms with Crippen LogP contribution in [0.4, 0.5) is 0 Å². The summed E-state index contributed by atoms with van der Waals surface area (Å²) < 4.78 is 38.1. The Morgan fingerprint density at radius 3 is 2.23 bits per heavy atom. The van der Waals surface area contributed by atoms with Crippen LogP contribution in [-0.2, 0) is 27.5 Å². The van der Waals surface area contributed by atoms with Gasteiger partial charge in [0.2, 0.25) is 0 Å². The van der Waals surface area contributed by atoms with Crippen molar-refractivity contribution >= 4 is 41.8 Å². The second kappa shape index (κ2) is 17.7. The summed E-state index contributed by atoms with van der Waals surface area (Å²) >= 11 is 6.00. The molecule has 0 aliphatic rings. The van der Waals surface area contributed by atoms with Crippen LogP contribution in [0.15, 0.2) is 84.0 Å². The topological polar surface area (TPSA) is 71.4 Å². The average molecular weight is 658 g/mol. The molecular weight excluding hydrogens is 615 g/mol. The Bertz CT molecular complexity index is 1350. The molecule has 11 heteroatoms. The van der Waals surface area contributed by atoms with Crippen LogP contribution in [0.25, 0.3) is 0 Å². The van der Waals surface area contributed by atoms with Gasteiger partial charge in [-0.25, -0.2) is 0 Å². The van der Waals surface area contributed by atoms with Crippen molar-refractivity contribution in [3.8, 4) is 11.5 Å². The molecule has 0 bridgehead atoms. The first-order valence-electron chi connectivity index (χ1n) is 14.5. The van der Waals surface area contributed by atoms with E-state index >= 15 is 0 Å². The van der Waals surface area contributed by atoms with Gasteiger partial charge in [0.15, 0.2) is 16.9 Å². The van der Waals surface area contributed by atoms with Crippen molar-refractivity contribution < 1.29 is 18.6 Å². The summed E-state index contributed by atoms with van der Waals surface area (Å²) in [5.41, 5.74) is 2.88. The second-order valence-corrected chi connectivity index (χ2v) is 15.3. The maximum absolute atomic E-state index is 12.3. The van der Waals surface area contributed by atoms with Crippen molar-refractivity contribution in [2.75, 3.05) is 13.3 Å². The normalized spacial score (nSPS) is 15.3. The number of ether oxygens (including phenoxy) is 2. The van der Waals surface area contributed by atoms with Gasteiger partial charge in [0.25, 0.3) is 0 Å². The third-order valence-electron chi connectivity index (χ3n) is 7.15. The summed E-state index contributed by atoms with van der Waals surface area (Å²) in [6.45, 7) is 7.21. The molecule has 0 saturated carbocycles. The first-order chi connectivity index (χ1) is 20.7. The van der Waals surface area contributed by atoms with E-state index in [4.69, 9.17) is 21.3 Å². The van der Waals surface area contributed by atoms with Crippen LogP contribution in [-0.4, -0.2) is 40.7 Å². The molecule has 0 aromatic heterocycles. The Labute approximate surface area is 265 Å². The Balaban J connectivity index is 1.66. The SMILES string of the molecule is CCCC(C)Oc1ccc(/C=N/N(C)[PH](=S)C(C)(CC)Oc2ccc(C(P=O)N(CP=O)Cc3ccccc3)cc2)cc1. The van der Waals surface area contributed by atoms with E-state index in [0.29, 0.717) is 18.7 Å². The highest BCUT2D eigenvalue weighted by Crippen LogP contribution is 2.46. The van der Waals surface area contributed by atoms with E-state index in [1.54, 1.807) is 0 Å². The molecule has 0 heterocycles. The molecule has 230 valence electrons. The van der Waals surface area contributed by atoms with Gasteiger partial charge >= 0.3 is 0 Å². The van der Waals surface area contributed by atoms with E-state index in [0.717, 1.165) is 35.3 Å². The van der Waals surface area contributed by atoms with E-state index in [1.807, 2.05) is 109 Å². The Morgan fingerprint density at radius 2 is 1.65 bits per heavy atom. The van der Waals surface area contributed by atoms with Gasteiger partial charge in [-0.05, 0) is 79.8 Å². The van der Waals surface area contributed by atoms with Crippen LogP contribution in [0.2, 0.25) is 0 Å². The third-order valence-corrected chi connectivity index (χ3v) is 12.6. The number of nitrogens with zero attached hydrogens (tertiary/aromatic N) is 3. The molecule has 0 saturated heterocycles. The lowest BCUT2D eigenvalue weighted by Crippen LogP contribution is -2.30. The molecule has 0 N–H and O–H groups in total.